The molecule has 0 aliphatic carbocycles. The Morgan fingerprint density at radius 3 is 3.12 bits per heavy atom. The highest BCUT2D eigenvalue weighted by Gasteiger charge is 2.33. The van der Waals surface area contributed by atoms with Gasteiger partial charge in [-0.3, -0.25) is 0 Å². The molecule has 0 aromatic carbocycles. The summed E-state index contributed by atoms with van der Waals surface area (Å²) in [6.07, 6.45) is 3.46. The third kappa shape index (κ3) is 2.05. The quantitative estimate of drug-likeness (QED) is 0.778. The second-order valence-corrected chi connectivity index (χ2v) is 4.24. The van der Waals surface area contributed by atoms with Crippen molar-refractivity contribution in [2.24, 2.45) is 0 Å². The Hall–Kier alpha value is -1.78. The molecule has 2 N–H and O–H groups in total. The monoisotopic (exact) mass is 235 g/mol. The van der Waals surface area contributed by atoms with Crippen molar-refractivity contribution in [1.82, 2.24) is 4.98 Å². The van der Waals surface area contributed by atoms with Crippen LogP contribution in [0.25, 0.3) is 0 Å². The molecule has 17 heavy (non-hydrogen) atoms. The molecule has 1 saturated heterocycles. The largest absolute Gasteiger partial charge is 0.467 e. The van der Waals surface area contributed by atoms with Gasteiger partial charge in [-0.05, 0) is 31.4 Å². The Bertz CT molecular complexity index is 434. The Kier molecular flexibility index (Phi) is 3.17. The van der Waals surface area contributed by atoms with Gasteiger partial charge in [-0.25, -0.2) is 9.78 Å². The Morgan fingerprint density at radius 2 is 2.41 bits per heavy atom. The highest BCUT2D eigenvalue weighted by molar-refractivity contribution is 5.82. The van der Waals surface area contributed by atoms with Crippen molar-refractivity contribution >= 4 is 17.5 Å². The van der Waals surface area contributed by atoms with Crippen molar-refractivity contribution in [3.05, 3.63) is 17.8 Å². The number of aromatic nitrogens is 1. The van der Waals surface area contributed by atoms with Gasteiger partial charge in [0.1, 0.15) is 6.04 Å². The average Bonchev–Trinajstić information content (AvgIpc) is 2.80. The predicted molar refractivity (Wildman–Crippen MR) is 65.8 cm³/mol. The summed E-state index contributed by atoms with van der Waals surface area (Å²) in [5, 5.41) is 0. The fraction of sp³-hybridized carbons (Fsp3) is 0.500. The summed E-state index contributed by atoms with van der Waals surface area (Å²) < 4.78 is 4.81. The number of rotatable bonds is 2. The van der Waals surface area contributed by atoms with Crippen molar-refractivity contribution in [2.75, 3.05) is 24.3 Å². The van der Waals surface area contributed by atoms with Gasteiger partial charge in [0.15, 0.2) is 5.82 Å². The van der Waals surface area contributed by atoms with Gasteiger partial charge >= 0.3 is 5.97 Å². The molecule has 1 fully saturated rings. The molecule has 5 nitrogen and oxygen atoms in total. The Labute approximate surface area is 101 Å². The molecule has 2 heterocycles. The van der Waals surface area contributed by atoms with Crippen molar-refractivity contribution in [3.63, 3.8) is 0 Å². The van der Waals surface area contributed by atoms with E-state index < -0.39 is 0 Å². The van der Waals surface area contributed by atoms with Crippen LogP contribution in [-0.4, -0.2) is 30.6 Å². The van der Waals surface area contributed by atoms with Crippen LogP contribution in [0.2, 0.25) is 0 Å². The normalized spacial score (nSPS) is 19.4. The van der Waals surface area contributed by atoms with Crippen molar-refractivity contribution in [1.29, 1.82) is 0 Å². The number of methoxy groups -OCH3 is 1. The van der Waals surface area contributed by atoms with Crippen LogP contribution in [0, 0.1) is 6.92 Å². The lowest BCUT2D eigenvalue weighted by Gasteiger charge is -2.25. The van der Waals surface area contributed by atoms with E-state index in [9.17, 15) is 4.79 Å². The molecular weight excluding hydrogens is 218 g/mol. The lowest BCUT2D eigenvalue weighted by Crippen LogP contribution is -2.37. The van der Waals surface area contributed by atoms with Gasteiger partial charge < -0.3 is 15.4 Å². The average molecular weight is 235 g/mol. The number of aryl methyl sites for hydroxylation is 1. The maximum Gasteiger partial charge on any atom is 0.328 e. The summed E-state index contributed by atoms with van der Waals surface area (Å²) in [6.45, 7) is 2.73. The molecule has 1 atom stereocenters. The summed E-state index contributed by atoms with van der Waals surface area (Å²) in [5.74, 6) is 0.475. The lowest BCUT2D eigenvalue weighted by atomic mass is 10.2. The minimum Gasteiger partial charge on any atom is -0.467 e. The molecule has 1 aliphatic rings. The highest BCUT2D eigenvalue weighted by Crippen LogP contribution is 2.30. The molecule has 0 saturated carbocycles. The topological polar surface area (TPSA) is 68.5 Å². The van der Waals surface area contributed by atoms with Crippen LogP contribution in [-0.2, 0) is 9.53 Å². The van der Waals surface area contributed by atoms with E-state index in [0.29, 0.717) is 11.5 Å². The Morgan fingerprint density at radius 1 is 1.65 bits per heavy atom. The first-order valence-electron chi connectivity index (χ1n) is 5.70. The molecule has 0 bridgehead atoms. The standard InChI is InChI=1S/C12H17N3O2/c1-8-5-6-14-11(10(8)13)15-7-3-4-9(15)12(16)17-2/h5-6,9H,3-4,7,13H2,1-2H3. The van der Waals surface area contributed by atoms with Crippen molar-refractivity contribution in [3.8, 4) is 0 Å². The smallest absolute Gasteiger partial charge is 0.328 e. The molecule has 92 valence electrons. The number of nitrogens with two attached hydrogens (primary N) is 1. The van der Waals surface area contributed by atoms with Crippen LogP contribution >= 0.6 is 0 Å². The lowest BCUT2D eigenvalue weighted by molar-refractivity contribution is -0.141. The zero-order chi connectivity index (χ0) is 12.4. The number of nitrogen functional groups attached to an aromatic ring is 1. The molecule has 1 aliphatic heterocycles. The molecular formula is C12H17N3O2. The maximum absolute atomic E-state index is 11.7. The third-order valence-electron chi connectivity index (χ3n) is 3.19. The van der Waals surface area contributed by atoms with Crippen LogP contribution in [0.5, 0.6) is 0 Å². The minimum atomic E-state index is -0.253. The van der Waals surface area contributed by atoms with E-state index in [-0.39, 0.29) is 12.0 Å². The molecule has 1 aromatic heterocycles. The maximum atomic E-state index is 11.7. The molecule has 1 aromatic rings. The van der Waals surface area contributed by atoms with Gasteiger partial charge in [0.05, 0.1) is 12.8 Å². The fourth-order valence-corrected chi connectivity index (χ4v) is 2.19. The van der Waals surface area contributed by atoms with Gasteiger partial charge in [-0.2, -0.15) is 0 Å². The summed E-state index contributed by atoms with van der Waals surface area (Å²) >= 11 is 0. The molecule has 0 radical (unpaired) electrons. The van der Waals surface area contributed by atoms with E-state index in [2.05, 4.69) is 4.98 Å². The number of esters is 1. The van der Waals surface area contributed by atoms with Crippen LogP contribution in [0.1, 0.15) is 18.4 Å². The number of carbonyl (C=O) groups excluding carboxylic acids is 1. The fourth-order valence-electron chi connectivity index (χ4n) is 2.19. The SMILES string of the molecule is COC(=O)C1CCCN1c1nccc(C)c1N. The minimum absolute atomic E-state index is 0.217. The van der Waals surface area contributed by atoms with Crippen LogP contribution in [0.15, 0.2) is 12.3 Å². The number of anilines is 2. The highest BCUT2D eigenvalue weighted by atomic mass is 16.5. The van der Waals surface area contributed by atoms with E-state index in [0.717, 1.165) is 24.9 Å². The number of nitrogens with zero attached hydrogens (tertiary/aromatic N) is 2. The van der Waals surface area contributed by atoms with Gasteiger partial charge in [-0.15, -0.1) is 0 Å². The molecule has 0 spiro atoms. The number of hydrogen-bond donors (Lipinski definition) is 1. The second kappa shape index (κ2) is 4.61. The van der Waals surface area contributed by atoms with Gasteiger partial charge in [0.25, 0.3) is 0 Å². The van der Waals surface area contributed by atoms with Crippen LogP contribution in [0.4, 0.5) is 11.5 Å². The van der Waals surface area contributed by atoms with Gasteiger partial charge in [0, 0.05) is 12.7 Å². The van der Waals surface area contributed by atoms with E-state index in [1.54, 1.807) is 6.20 Å². The first-order chi connectivity index (χ1) is 8.15. The summed E-state index contributed by atoms with van der Waals surface area (Å²) in [6, 6.07) is 1.61. The summed E-state index contributed by atoms with van der Waals surface area (Å²) in [7, 11) is 1.41. The molecule has 5 heteroatoms. The zero-order valence-corrected chi connectivity index (χ0v) is 10.1. The number of pyridine rings is 1. The van der Waals surface area contributed by atoms with Gasteiger partial charge in [-0.1, -0.05) is 0 Å². The Balaban J connectivity index is 2.32. The second-order valence-electron chi connectivity index (χ2n) is 4.24. The molecule has 2 rings (SSSR count). The van der Waals surface area contributed by atoms with Crippen LogP contribution in [0.3, 0.4) is 0 Å². The predicted octanol–water partition coefficient (Wildman–Crippen LogP) is 1.11. The third-order valence-corrected chi connectivity index (χ3v) is 3.19. The first-order valence-corrected chi connectivity index (χ1v) is 5.70. The van der Waals surface area contributed by atoms with Crippen molar-refractivity contribution < 1.29 is 9.53 Å². The zero-order valence-electron chi connectivity index (χ0n) is 10.1. The van der Waals surface area contributed by atoms with Gasteiger partial charge in [0.2, 0.25) is 0 Å². The van der Waals surface area contributed by atoms with E-state index in [1.807, 2.05) is 17.9 Å². The van der Waals surface area contributed by atoms with E-state index in [4.69, 9.17) is 10.5 Å². The van der Waals surface area contributed by atoms with Crippen LogP contribution < -0.4 is 10.6 Å². The number of hydrogen-bond acceptors (Lipinski definition) is 5. The van der Waals surface area contributed by atoms with Crippen molar-refractivity contribution in [2.45, 2.75) is 25.8 Å². The number of ether oxygens (including phenoxy) is 1. The number of carbonyl (C=O) groups is 1. The van der Waals surface area contributed by atoms with E-state index >= 15 is 0 Å². The molecule has 1 unspecified atom stereocenters. The molecule has 0 amide bonds. The van der Waals surface area contributed by atoms with E-state index in [1.165, 1.54) is 7.11 Å². The first kappa shape index (κ1) is 11.7. The summed E-state index contributed by atoms with van der Waals surface area (Å²) in [5.41, 5.74) is 7.63. The summed E-state index contributed by atoms with van der Waals surface area (Å²) in [4.78, 5) is 17.9.